The van der Waals surface area contributed by atoms with Crippen molar-refractivity contribution in [3.8, 4) is 0 Å². The summed E-state index contributed by atoms with van der Waals surface area (Å²) in [5.41, 5.74) is 0. The molecule has 0 aliphatic rings. The molecule has 0 rings (SSSR count). The van der Waals surface area contributed by atoms with E-state index in [0.29, 0.717) is 18.7 Å². The predicted octanol–water partition coefficient (Wildman–Crippen LogP) is 1.69. The third-order valence-electron chi connectivity index (χ3n) is 0.507. The quantitative estimate of drug-likeness (QED) is 0.434. The lowest BCUT2D eigenvalue weighted by atomic mass is 10.4. The van der Waals surface area contributed by atoms with E-state index in [9.17, 15) is 4.79 Å². The summed E-state index contributed by atoms with van der Waals surface area (Å²) in [5.74, 6) is 0.512. The maximum Gasteiger partial charge on any atom is 0.491 e. The van der Waals surface area contributed by atoms with Crippen LogP contribution in [0, 0.1) is 0 Å². The molecule has 0 saturated carbocycles. The summed E-state index contributed by atoms with van der Waals surface area (Å²) < 4.78 is 8.51. The Morgan fingerprint density at radius 3 is 2.10 bits per heavy atom. The molecule has 0 aliphatic heterocycles. The van der Waals surface area contributed by atoms with E-state index in [4.69, 9.17) is 32.7 Å². The number of halogens is 2. The van der Waals surface area contributed by atoms with Crippen molar-refractivity contribution in [2.75, 3.05) is 5.88 Å². The highest BCUT2D eigenvalue weighted by Crippen LogP contribution is 1.94. The van der Waals surface area contributed by atoms with Crippen LogP contribution >= 0.6 is 31.9 Å². The van der Waals surface area contributed by atoms with Crippen LogP contribution in [0.4, 0.5) is 0 Å². The van der Waals surface area contributed by atoms with E-state index in [1.165, 1.54) is 0 Å². The topological polar surface area (TPSA) is 54.4 Å². The highest BCUT2D eigenvalue weighted by atomic mass is 35.5. The lowest BCUT2D eigenvalue weighted by molar-refractivity contribution is -0.111. The first-order valence-electron chi connectivity index (χ1n) is 2.44. The number of hydrogen-bond donors (Lipinski definition) is 1. The first kappa shape index (κ1) is 12.9. The molecular formula is C4H8Cl2O3P+. The van der Waals surface area contributed by atoms with Crippen LogP contribution in [-0.2, 0) is 9.36 Å². The molecule has 0 aromatic heterocycles. The van der Waals surface area contributed by atoms with Gasteiger partial charge in [0.1, 0.15) is 0 Å². The Labute approximate surface area is 70.6 Å². The van der Waals surface area contributed by atoms with Crippen LogP contribution in [0.15, 0.2) is 0 Å². The summed E-state index contributed by atoms with van der Waals surface area (Å²) in [6.07, 6.45) is 1.08. The van der Waals surface area contributed by atoms with E-state index in [-0.39, 0.29) is 5.24 Å². The molecule has 0 heterocycles. The molecule has 1 unspecified atom stereocenters. The molecule has 0 fully saturated rings. The van der Waals surface area contributed by atoms with Crippen molar-refractivity contribution in [2.24, 2.45) is 0 Å². The minimum absolute atomic E-state index is 0.305. The molecule has 10 heavy (non-hydrogen) atoms. The van der Waals surface area contributed by atoms with Gasteiger partial charge in [0.25, 0.3) is 0 Å². The summed E-state index contributed by atoms with van der Waals surface area (Å²) in [6.45, 7) is 0. The second kappa shape index (κ2) is 12.0. The van der Waals surface area contributed by atoms with Crippen molar-refractivity contribution in [3.05, 3.63) is 0 Å². The van der Waals surface area contributed by atoms with Crippen LogP contribution < -0.4 is 0 Å². The number of rotatable bonds is 3. The van der Waals surface area contributed by atoms with Gasteiger partial charge in [0.15, 0.2) is 0 Å². The van der Waals surface area contributed by atoms with Crippen molar-refractivity contribution < 1.29 is 14.3 Å². The van der Waals surface area contributed by atoms with Gasteiger partial charge in [0.2, 0.25) is 5.24 Å². The number of carbonyl (C=O) groups is 1. The smallest absolute Gasteiger partial charge is 0.281 e. The molecule has 1 N–H and O–H groups in total. The maximum absolute atomic E-state index is 9.91. The van der Waals surface area contributed by atoms with Gasteiger partial charge in [-0.15, -0.1) is 11.6 Å². The Kier molecular flexibility index (Phi) is 15.6. The van der Waals surface area contributed by atoms with Crippen LogP contribution in [-0.4, -0.2) is 16.0 Å². The summed E-state index contributed by atoms with van der Waals surface area (Å²) in [6, 6.07) is 0. The Morgan fingerprint density at radius 2 is 2.00 bits per heavy atom. The summed E-state index contributed by atoms with van der Waals surface area (Å²) in [4.78, 5) is 17.0. The number of carbonyl (C=O) groups excluding carboxylic acids is 1. The van der Waals surface area contributed by atoms with E-state index < -0.39 is 8.69 Å². The Bertz CT molecular complexity index is 98.5. The van der Waals surface area contributed by atoms with Crippen molar-refractivity contribution in [1.29, 1.82) is 0 Å². The average Bonchev–Trinajstić information content (AvgIpc) is 1.85. The first-order valence-corrected chi connectivity index (χ1v) is 4.21. The fourth-order valence-corrected chi connectivity index (χ4v) is 0.473. The van der Waals surface area contributed by atoms with E-state index >= 15 is 0 Å². The highest BCUT2D eigenvalue weighted by molar-refractivity contribution is 7.16. The van der Waals surface area contributed by atoms with Gasteiger partial charge < -0.3 is 0 Å². The van der Waals surface area contributed by atoms with Gasteiger partial charge in [-0.05, 0) is 22.6 Å². The van der Waals surface area contributed by atoms with Gasteiger partial charge in [0, 0.05) is 12.3 Å². The van der Waals surface area contributed by atoms with Crippen molar-refractivity contribution in [3.63, 3.8) is 0 Å². The normalized spacial score (nSPS) is 8.30. The first-order chi connectivity index (χ1) is 4.68. The third-order valence-corrected chi connectivity index (χ3v) is 0.963. The summed E-state index contributed by atoms with van der Waals surface area (Å²) in [5, 5.41) is -0.305. The molecule has 0 saturated heterocycles. The molecule has 3 nitrogen and oxygen atoms in total. The lowest BCUT2D eigenvalue weighted by Gasteiger charge is -1.83. The van der Waals surface area contributed by atoms with Gasteiger partial charge in [-0.3, -0.25) is 4.79 Å². The van der Waals surface area contributed by atoms with E-state index in [2.05, 4.69) is 0 Å². The van der Waals surface area contributed by atoms with Crippen molar-refractivity contribution >= 4 is 37.1 Å². The average molecular weight is 206 g/mol. The van der Waals surface area contributed by atoms with E-state index in [1.807, 2.05) is 0 Å². The fraction of sp³-hybridized carbons (Fsp3) is 0.750. The van der Waals surface area contributed by atoms with Crippen molar-refractivity contribution in [1.82, 2.24) is 0 Å². The second-order valence-corrected chi connectivity index (χ2v) is 2.22. The molecular weight excluding hydrogens is 198 g/mol. The third kappa shape index (κ3) is 23.9. The monoisotopic (exact) mass is 205 g/mol. The zero-order valence-electron chi connectivity index (χ0n) is 5.14. The van der Waals surface area contributed by atoms with E-state index in [1.54, 1.807) is 0 Å². The highest BCUT2D eigenvalue weighted by Gasteiger charge is 1.91. The van der Waals surface area contributed by atoms with Crippen molar-refractivity contribution in [2.45, 2.75) is 12.8 Å². The molecule has 0 spiro atoms. The lowest BCUT2D eigenvalue weighted by Crippen LogP contribution is -1.84. The van der Waals surface area contributed by atoms with Crippen LogP contribution in [0.2, 0.25) is 0 Å². The number of alkyl halides is 1. The molecule has 0 aliphatic carbocycles. The van der Waals surface area contributed by atoms with Crippen LogP contribution in [0.25, 0.3) is 0 Å². The van der Waals surface area contributed by atoms with Crippen LogP contribution in [0.5, 0.6) is 0 Å². The van der Waals surface area contributed by atoms with Crippen LogP contribution in [0.3, 0.4) is 0 Å². The Hall–Kier alpha value is 0.310. The molecule has 1 atom stereocenters. The minimum Gasteiger partial charge on any atom is -0.281 e. The summed E-state index contributed by atoms with van der Waals surface area (Å²) >= 11 is 10.2. The Morgan fingerprint density at radius 1 is 1.60 bits per heavy atom. The predicted molar refractivity (Wildman–Crippen MR) is 42.0 cm³/mol. The van der Waals surface area contributed by atoms with Gasteiger partial charge in [-0.1, -0.05) is 0 Å². The minimum atomic E-state index is -1.17. The molecule has 6 heteroatoms. The number of hydrogen-bond acceptors (Lipinski definition) is 2. The molecule has 0 bridgehead atoms. The molecule has 0 amide bonds. The molecule has 0 aromatic carbocycles. The molecule has 60 valence electrons. The SMILES string of the molecule is O=C(Cl)CCCCl.O=[PH+]O. The van der Waals surface area contributed by atoms with Gasteiger partial charge in [-0.25, -0.2) is 0 Å². The van der Waals surface area contributed by atoms with Gasteiger partial charge in [0.05, 0.1) is 0 Å². The summed E-state index contributed by atoms with van der Waals surface area (Å²) in [7, 11) is -1.17. The zero-order valence-corrected chi connectivity index (χ0v) is 7.65. The maximum atomic E-state index is 9.91. The van der Waals surface area contributed by atoms with Gasteiger partial charge in [-0.2, -0.15) is 4.89 Å². The Balaban J connectivity index is 0. The molecule has 0 radical (unpaired) electrons. The fourth-order valence-electron chi connectivity index (χ4n) is 0.206. The second-order valence-electron chi connectivity index (χ2n) is 1.24. The van der Waals surface area contributed by atoms with E-state index in [0.717, 1.165) is 0 Å². The van der Waals surface area contributed by atoms with Crippen LogP contribution in [0.1, 0.15) is 12.8 Å². The van der Waals surface area contributed by atoms with Gasteiger partial charge >= 0.3 is 8.69 Å². The largest absolute Gasteiger partial charge is 0.491 e. The standard InChI is InChI=1S/C4H6Cl2O.HO2P/c5-3-1-2-4(6)7;1-3-2/h1-3H2;3H/p+1. The zero-order chi connectivity index (χ0) is 8.41. The molecule has 0 aromatic rings.